The number of hydrogen-bond donors (Lipinski definition) is 1. The second kappa shape index (κ2) is 18.1. The molecule has 3 heterocycles. The van der Waals surface area contributed by atoms with Gasteiger partial charge in [0.1, 0.15) is 0 Å². The maximum atomic E-state index is 15.3. The summed E-state index contributed by atoms with van der Waals surface area (Å²) in [4.78, 5) is -5.84. The molecule has 3 aliphatic rings. The van der Waals surface area contributed by atoms with Crippen LogP contribution in [0.2, 0.25) is 0 Å². The second-order valence-electron chi connectivity index (χ2n) is 12.1. The zero-order chi connectivity index (χ0) is 41.5. The van der Waals surface area contributed by atoms with Gasteiger partial charge in [-0.2, -0.15) is 0 Å². The van der Waals surface area contributed by atoms with E-state index in [-0.39, 0.29) is 5.92 Å². The van der Waals surface area contributed by atoms with Gasteiger partial charge in [0.05, 0.1) is 0 Å². The molecule has 2 fully saturated rings. The van der Waals surface area contributed by atoms with Gasteiger partial charge in [-0.1, -0.05) is 0 Å². The molecule has 3 aromatic rings. The molecule has 0 amide bonds. The van der Waals surface area contributed by atoms with Crippen LogP contribution < -0.4 is 3.68 Å². The quantitative estimate of drug-likeness (QED) is 0.105. The number of halogens is 15. The second-order valence-corrected chi connectivity index (χ2v) is 57.7. The topological polar surface area (TPSA) is 41.7 Å². The summed E-state index contributed by atoms with van der Waals surface area (Å²) in [7, 11) is -1.95. The van der Waals surface area contributed by atoms with Gasteiger partial charge in [0.15, 0.2) is 0 Å². The van der Waals surface area contributed by atoms with Crippen LogP contribution in [0, 0.1) is 93.2 Å². The van der Waals surface area contributed by atoms with E-state index in [0.29, 0.717) is 59.4 Å². The van der Waals surface area contributed by atoms with Crippen molar-refractivity contribution in [1.29, 1.82) is 0 Å². The zero-order valence-electron chi connectivity index (χ0n) is 28.0. The normalized spacial score (nSPS) is 17.5. The first-order valence-corrected chi connectivity index (χ1v) is 36.6. The summed E-state index contributed by atoms with van der Waals surface area (Å²) in [5, 5.41) is 0. The number of ether oxygens (including phenoxy) is 1. The molecule has 0 aromatic heterocycles. The number of benzene rings is 3. The molecule has 0 radical (unpaired) electrons. The molecule has 3 aliphatic heterocycles. The fourth-order valence-corrected chi connectivity index (χ4v) is 52.0. The molecular formula is C32H26Bi2F15N3OS3. The average Bonchev–Trinajstić information content (AvgIpc) is 3.80. The molecule has 3 aromatic carbocycles. The first-order chi connectivity index (χ1) is 26.2. The van der Waals surface area contributed by atoms with Crippen molar-refractivity contribution in [2.75, 3.05) is 32.8 Å². The van der Waals surface area contributed by atoms with Crippen molar-refractivity contribution in [3.63, 3.8) is 0 Å². The van der Waals surface area contributed by atoms with Crippen LogP contribution in [0.5, 0.6) is 0 Å². The summed E-state index contributed by atoms with van der Waals surface area (Å²) in [6.07, 6.45) is 7.37. The van der Waals surface area contributed by atoms with Crippen LogP contribution in [-0.2, 0) is 4.74 Å². The first-order valence-electron chi connectivity index (χ1n) is 15.9. The van der Waals surface area contributed by atoms with E-state index in [9.17, 15) is 39.5 Å². The Morgan fingerprint density at radius 2 is 0.875 bits per heavy atom. The van der Waals surface area contributed by atoms with Crippen molar-refractivity contribution in [3.05, 3.63) is 111 Å². The van der Waals surface area contributed by atoms with Gasteiger partial charge in [0, 0.05) is 13.2 Å². The molecule has 2 saturated heterocycles. The third kappa shape index (κ3) is 8.87. The Labute approximate surface area is 333 Å². The number of nitrogens with two attached hydrogens (primary N) is 1. The minimum absolute atomic E-state index is 0.134. The van der Waals surface area contributed by atoms with E-state index in [4.69, 9.17) is 8.41 Å². The summed E-state index contributed by atoms with van der Waals surface area (Å²) in [5.41, 5.74) is 0.567. The van der Waals surface area contributed by atoms with E-state index in [1.165, 1.54) is 25.0 Å². The fraction of sp³-hybridized carbons (Fsp3) is 0.312. The summed E-state index contributed by atoms with van der Waals surface area (Å²) in [5.74, 6) is -39.7. The molecule has 6 rings (SSSR count). The predicted octanol–water partition coefficient (Wildman–Crippen LogP) is 9.11. The number of piperidine rings is 1. The van der Waals surface area contributed by atoms with Gasteiger partial charge in [0.25, 0.3) is 0 Å². The van der Waals surface area contributed by atoms with E-state index in [1.807, 2.05) is 0 Å². The average molecular weight is 1270 g/mol. The third-order valence-corrected chi connectivity index (χ3v) is 53.4. The fourth-order valence-electron chi connectivity index (χ4n) is 5.53. The Kier molecular flexibility index (Phi) is 14.7. The van der Waals surface area contributed by atoms with E-state index in [1.54, 1.807) is 0 Å². The van der Waals surface area contributed by atoms with E-state index in [2.05, 4.69) is 2.84 Å². The molecule has 24 heteroatoms. The van der Waals surface area contributed by atoms with Crippen LogP contribution in [0.3, 0.4) is 0 Å². The van der Waals surface area contributed by atoms with E-state index in [0.717, 1.165) is 19.4 Å². The van der Waals surface area contributed by atoms with Crippen molar-refractivity contribution in [2.24, 2.45) is 9.60 Å². The van der Waals surface area contributed by atoms with Gasteiger partial charge >= 0.3 is 305 Å². The van der Waals surface area contributed by atoms with Gasteiger partial charge in [0.2, 0.25) is 0 Å². The summed E-state index contributed by atoms with van der Waals surface area (Å²) in [6.45, 7) is 2.72. The van der Waals surface area contributed by atoms with Crippen molar-refractivity contribution in [1.82, 2.24) is 5.69 Å². The Hall–Kier alpha value is -1.41. The van der Waals surface area contributed by atoms with Crippen molar-refractivity contribution >= 4 is 65.5 Å². The molecule has 0 atom stereocenters. The van der Waals surface area contributed by atoms with E-state index < -0.39 is 149 Å². The number of nitrogens with zero attached hydrogens (tertiary/aromatic N) is 2. The Bertz CT molecular complexity index is 1830. The maximum absolute atomic E-state index is 15.3. The predicted molar refractivity (Wildman–Crippen MR) is 183 cm³/mol. The molecule has 2 N–H and O–H groups in total. The molecular weight excluding hydrogens is 1240 g/mol. The van der Waals surface area contributed by atoms with Gasteiger partial charge < -0.3 is 4.74 Å². The minimum atomic E-state index is -7.90. The van der Waals surface area contributed by atoms with Gasteiger partial charge in [-0.25, -0.2) is 0 Å². The summed E-state index contributed by atoms with van der Waals surface area (Å²) in [6, 6.07) is 0. The third-order valence-electron chi connectivity index (χ3n) is 8.53. The molecule has 0 spiro atoms. The van der Waals surface area contributed by atoms with Crippen LogP contribution in [0.15, 0.2) is 38.6 Å². The molecule has 0 bridgehead atoms. The van der Waals surface area contributed by atoms with Crippen molar-refractivity contribution < 1.29 is 70.6 Å². The van der Waals surface area contributed by atoms with Crippen LogP contribution in [0.1, 0.15) is 25.7 Å². The van der Waals surface area contributed by atoms with Crippen LogP contribution >= 0.6 is 25.6 Å². The number of hydrogen-bond acceptors (Lipinski definition) is 7. The molecule has 4 nitrogen and oxygen atoms in total. The van der Waals surface area contributed by atoms with Crippen molar-refractivity contribution in [3.8, 4) is 0 Å². The van der Waals surface area contributed by atoms with Crippen molar-refractivity contribution in [2.45, 2.75) is 40.4 Å². The zero-order valence-corrected chi connectivity index (χ0v) is 38.4. The van der Waals surface area contributed by atoms with Gasteiger partial charge in [-0.3, -0.25) is 0 Å². The Morgan fingerprint density at radius 1 is 0.554 bits per heavy atom. The molecule has 0 aliphatic carbocycles. The summed E-state index contributed by atoms with van der Waals surface area (Å²) >= 11 is -7.37. The molecule has 0 saturated carbocycles. The molecule has 0 unspecified atom stereocenters. The SMILES string of the molecule is C1CCOC1.[NH2][Bi]([S]c1c(F)c(F)c(F)c(F)c1F)([S]c1c(F)c(F)c(F)c(F)c1F)([S]c1c(F)c(F)c(F)c(F)c1F)[N]1C=CC(C2CC[N]([BiH2])CC2)=CC1. The summed E-state index contributed by atoms with van der Waals surface area (Å²) < 4.78 is 235. The number of rotatable bonds is 8. The molecule has 308 valence electrons. The molecule has 56 heavy (non-hydrogen) atoms. The monoisotopic (exact) mass is 1270 g/mol. The van der Waals surface area contributed by atoms with Crippen LogP contribution in [0.4, 0.5) is 65.9 Å². The first kappa shape index (κ1) is 45.7. The standard InChI is InChI=1S/C10H14N2.3C6HF5S.C4H8O.2Bi.H2N.2H/c1-5-11-6-2-9(1)10-3-7-12-8-4-10;3*7-1-2(8)4(10)6(12)5(11)3(1)9;1-2-4-5-3-1;;;;;/h1-2,5,10H,3-4,6-8H2;3*12H;1-4H2;;;1H2;;/q-2;;;;;+1;+5;-1;;/p-3. The Morgan fingerprint density at radius 3 is 1.14 bits per heavy atom. The van der Waals surface area contributed by atoms with Crippen LogP contribution in [0.25, 0.3) is 0 Å². The van der Waals surface area contributed by atoms with Gasteiger partial charge in [-0.05, 0) is 12.8 Å². The van der Waals surface area contributed by atoms with Crippen LogP contribution in [-0.4, -0.2) is 78.5 Å². The number of allylic oxidation sites excluding steroid dienone is 2. The van der Waals surface area contributed by atoms with Gasteiger partial charge in [-0.15, -0.1) is 0 Å². The van der Waals surface area contributed by atoms with E-state index >= 15 is 26.3 Å². The Balaban J connectivity index is 0.00000111.